The third-order valence-corrected chi connectivity index (χ3v) is 0.478. The molecule has 1 rings (SSSR count). The molecule has 3 heteroatoms. The normalized spacial score (nSPS) is 6.86. The molecular formula is C4H5LiN2. The van der Waals surface area contributed by atoms with Crippen molar-refractivity contribution in [3.05, 3.63) is 24.8 Å². The predicted octanol–water partition coefficient (Wildman–Crippen LogP) is -2.41. The first-order chi connectivity index (χ1) is 3.00. The van der Waals surface area contributed by atoms with Gasteiger partial charge in [0.15, 0.2) is 0 Å². The van der Waals surface area contributed by atoms with Crippen LogP contribution in [0.3, 0.4) is 0 Å². The summed E-state index contributed by atoms with van der Waals surface area (Å²) in [6, 6.07) is 0. The van der Waals surface area contributed by atoms with E-state index < -0.39 is 0 Å². The largest absolute Gasteiger partial charge is 1.00 e. The van der Waals surface area contributed by atoms with Gasteiger partial charge in [0.25, 0.3) is 0 Å². The Balaban J connectivity index is 0. The molecule has 0 atom stereocenters. The molecule has 0 aliphatic carbocycles. The van der Waals surface area contributed by atoms with Crippen molar-refractivity contribution in [1.29, 1.82) is 0 Å². The molecule has 2 nitrogen and oxygen atoms in total. The van der Waals surface area contributed by atoms with E-state index in [1.54, 1.807) is 24.8 Å². The van der Waals surface area contributed by atoms with Crippen molar-refractivity contribution in [3.8, 4) is 0 Å². The molecule has 0 aliphatic rings. The third kappa shape index (κ3) is 2.38. The van der Waals surface area contributed by atoms with Crippen LogP contribution in [0.4, 0.5) is 0 Å². The molecule has 0 N–H and O–H groups in total. The summed E-state index contributed by atoms with van der Waals surface area (Å²) in [6.07, 6.45) is 6.56. The number of nitrogens with zero attached hydrogens (tertiary/aromatic N) is 2. The zero-order valence-electron chi connectivity index (χ0n) is 5.20. The summed E-state index contributed by atoms with van der Waals surface area (Å²) in [5.74, 6) is 0. The van der Waals surface area contributed by atoms with Gasteiger partial charge in [0.2, 0.25) is 0 Å². The van der Waals surface area contributed by atoms with E-state index in [0.717, 1.165) is 0 Å². The molecule has 0 saturated carbocycles. The first-order valence-electron chi connectivity index (χ1n) is 1.70. The van der Waals surface area contributed by atoms with Gasteiger partial charge in [0, 0.05) is 24.8 Å². The van der Waals surface area contributed by atoms with Crippen LogP contribution in [-0.4, -0.2) is 9.97 Å². The second kappa shape index (κ2) is 3.85. The van der Waals surface area contributed by atoms with Crippen molar-refractivity contribution in [2.45, 2.75) is 0 Å². The summed E-state index contributed by atoms with van der Waals surface area (Å²) in [6.45, 7) is 0. The fourth-order valence-corrected chi connectivity index (χ4v) is 0.253. The zero-order chi connectivity index (χ0) is 4.24. The summed E-state index contributed by atoms with van der Waals surface area (Å²) >= 11 is 0. The molecule has 0 aromatic carbocycles. The minimum Gasteiger partial charge on any atom is -1.00 e. The van der Waals surface area contributed by atoms with Gasteiger partial charge < -0.3 is 1.43 Å². The second-order valence-corrected chi connectivity index (χ2v) is 0.894. The van der Waals surface area contributed by atoms with Gasteiger partial charge in [-0.05, 0) is 0 Å². The minimum atomic E-state index is 0. The van der Waals surface area contributed by atoms with Crippen LogP contribution in [-0.2, 0) is 0 Å². The fraction of sp³-hybridized carbons (Fsp3) is 0. The van der Waals surface area contributed by atoms with Crippen molar-refractivity contribution in [2.75, 3.05) is 0 Å². The Labute approximate surface area is 55.7 Å². The molecule has 0 amide bonds. The Morgan fingerprint density at radius 3 is 1.29 bits per heavy atom. The molecule has 0 radical (unpaired) electrons. The summed E-state index contributed by atoms with van der Waals surface area (Å²) in [4.78, 5) is 7.44. The molecule has 7 heavy (non-hydrogen) atoms. The Bertz CT molecular complexity index is 86.0. The van der Waals surface area contributed by atoms with Crippen LogP contribution in [0.25, 0.3) is 0 Å². The predicted molar refractivity (Wildman–Crippen MR) is 23.1 cm³/mol. The summed E-state index contributed by atoms with van der Waals surface area (Å²) in [5.41, 5.74) is 0. The van der Waals surface area contributed by atoms with Crippen LogP contribution in [0.15, 0.2) is 24.8 Å². The standard InChI is InChI=1S/C4H4N2.Li.H/c1-2-6-4-3-5-1;;/h1-4H;;/q;+1;-1. The Morgan fingerprint density at radius 2 is 1.14 bits per heavy atom. The number of hydrogen-bond acceptors (Lipinski definition) is 2. The van der Waals surface area contributed by atoms with Gasteiger partial charge in [0.05, 0.1) is 0 Å². The fourth-order valence-electron chi connectivity index (χ4n) is 0.253. The van der Waals surface area contributed by atoms with Crippen molar-refractivity contribution in [3.63, 3.8) is 0 Å². The minimum absolute atomic E-state index is 0. The van der Waals surface area contributed by atoms with Gasteiger partial charge in [0.1, 0.15) is 0 Å². The number of rotatable bonds is 0. The van der Waals surface area contributed by atoms with Crippen LogP contribution in [0.5, 0.6) is 0 Å². The van der Waals surface area contributed by atoms with Gasteiger partial charge in [-0.1, -0.05) is 0 Å². The van der Waals surface area contributed by atoms with Crippen LogP contribution >= 0.6 is 0 Å². The van der Waals surface area contributed by atoms with Crippen LogP contribution < -0.4 is 18.9 Å². The Morgan fingerprint density at radius 1 is 0.857 bits per heavy atom. The first kappa shape index (κ1) is 6.68. The quantitative estimate of drug-likeness (QED) is 0.330. The Kier molecular flexibility index (Phi) is 3.68. The van der Waals surface area contributed by atoms with Crippen LogP contribution in [0.2, 0.25) is 0 Å². The monoisotopic (exact) mass is 88.1 g/mol. The topological polar surface area (TPSA) is 25.8 Å². The summed E-state index contributed by atoms with van der Waals surface area (Å²) in [7, 11) is 0. The van der Waals surface area contributed by atoms with Crippen LogP contribution in [0.1, 0.15) is 1.43 Å². The number of aromatic nitrogens is 2. The molecular weight excluding hydrogens is 83.0 g/mol. The van der Waals surface area contributed by atoms with E-state index in [-0.39, 0.29) is 20.3 Å². The van der Waals surface area contributed by atoms with E-state index in [9.17, 15) is 0 Å². The van der Waals surface area contributed by atoms with E-state index in [1.165, 1.54) is 0 Å². The molecule has 1 heterocycles. The van der Waals surface area contributed by atoms with E-state index in [4.69, 9.17) is 0 Å². The van der Waals surface area contributed by atoms with E-state index in [2.05, 4.69) is 9.97 Å². The molecule has 0 bridgehead atoms. The molecule has 32 valence electrons. The molecule has 0 spiro atoms. The summed E-state index contributed by atoms with van der Waals surface area (Å²) < 4.78 is 0. The van der Waals surface area contributed by atoms with E-state index in [1.807, 2.05) is 0 Å². The molecule has 0 aliphatic heterocycles. The average molecular weight is 88.0 g/mol. The van der Waals surface area contributed by atoms with Gasteiger partial charge in [-0.3, -0.25) is 9.97 Å². The summed E-state index contributed by atoms with van der Waals surface area (Å²) in [5, 5.41) is 0. The molecule has 0 unspecified atom stereocenters. The van der Waals surface area contributed by atoms with Crippen molar-refractivity contribution in [2.24, 2.45) is 0 Å². The van der Waals surface area contributed by atoms with Gasteiger partial charge in [-0.15, -0.1) is 0 Å². The van der Waals surface area contributed by atoms with Crippen LogP contribution in [0, 0.1) is 0 Å². The van der Waals surface area contributed by atoms with Crippen molar-refractivity contribution in [1.82, 2.24) is 9.97 Å². The SMILES string of the molecule is [H-].[Li+].c1cnccn1. The maximum atomic E-state index is 3.72. The number of hydrogen-bond donors (Lipinski definition) is 0. The molecule has 0 fully saturated rings. The molecule has 0 saturated heterocycles. The smallest absolute Gasteiger partial charge is 1.00 e. The van der Waals surface area contributed by atoms with Gasteiger partial charge in [-0.25, -0.2) is 0 Å². The maximum absolute atomic E-state index is 3.72. The van der Waals surface area contributed by atoms with Gasteiger partial charge >= 0.3 is 18.9 Å². The third-order valence-electron chi connectivity index (χ3n) is 0.478. The Hall–Kier alpha value is -0.323. The molecule has 1 aromatic rings. The van der Waals surface area contributed by atoms with Gasteiger partial charge in [-0.2, -0.15) is 0 Å². The van der Waals surface area contributed by atoms with E-state index >= 15 is 0 Å². The second-order valence-electron chi connectivity index (χ2n) is 0.894. The molecule has 1 aromatic heterocycles. The average Bonchev–Trinajstić information content (AvgIpc) is 1.72. The zero-order valence-corrected chi connectivity index (χ0v) is 4.20. The van der Waals surface area contributed by atoms with Crippen molar-refractivity contribution < 1.29 is 20.3 Å². The van der Waals surface area contributed by atoms with Crippen molar-refractivity contribution >= 4 is 0 Å². The first-order valence-corrected chi connectivity index (χ1v) is 1.70. The van der Waals surface area contributed by atoms with E-state index in [0.29, 0.717) is 0 Å². The maximum Gasteiger partial charge on any atom is 1.00 e.